The number of benzene rings is 2. The van der Waals surface area contributed by atoms with E-state index < -0.39 is 17.8 Å². The average Bonchev–Trinajstić information content (AvgIpc) is 3.09. The molecule has 1 saturated heterocycles. The first kappa shape index (κ1) is 20.8. The van der Waals surface area contributed by atoms with E-state index in [1.807, 2.05) is 0 Å². The number of aliphatic hydroxyl groups excluding tert-OH is 1. The van der Waals surface area contributed by atoms with Crippen LogP contribution in [0.5, 0.6) is 5.75 Å². The van der Waals surface area contributed by atoms with Crippen LogP contribution in [0, 0.1) is 5.82 Å². The van der Waals surface area contributed by atoms with Crippen molar-refractivity contribution in [2.75, 3.05) is 18.5 Å². The van der Waals surface area contributed by atoms with E-state index in [-0.39, 0.29) is 44.5 Å². The second-order valence-corrected chi connectivity index (χ2v) is 7.41. The molecule has 1 fully saturated rings. The van der Waals surface area contributed by atoms with Crippen LogP contribution in [-0.2, 0) is 22.7 Å². The zero-order chi connectivity index (χ0) is 22.0. The van der Waals surface area contributed by atoms with Gasteiger partial charge in [0.25, 0.3) is 5.91 Å². The smallest absolute Gasteiger partial charge is 0.255 e. The highest BCUT2D eigenvalue weighted by Gasteiger charge is 2.39. The second-order valence-electron chi connectivity index (χ2n) is 7.41. The first-order valence-corrected chi connectivity index (χ1v) is 10.0. The fourth-order valence-corrected chi connectivity index (χ4v) is 3.88. The van der Waals surface area contributed by atoms with Crippen molar-refractivity contribution >= 4 is 23.4 Å². The van der Waals surface area contributed by atoms with Gasteiger partial charge in [0.15, 0.2) is 0 Å². The molecule has 9 heteroatoms. The average molecular weight is 427 g/mol. The molecule has 2 aliphatic heterocycles. The number of rotatable bonds is 7. The van der Waals surface area contributed by atoms with E-state index in [0.717, 1.165) is 5.56 Å². The van der Waals surface area contributed by atoms with Crippen molar-refractivity contribution in [1.82, 2.24) is 10.2 Å². The SMILES string of the molecule is O=C1CC[C@H](N2Cc3c(NCc4cc(OCCO)ccc4F)cccc3C2=O)C(=O)N1. The van der Waals surface area contributed by atoms with Crippen LogP contribution in [-0.4, -0.2) is 47.0 Å². The van der Waals surface area contributed by atoms with E-state index in [1.54, 1.807) is 24.3 Å². The number of piperidine rings is 1. The Hall–Kier alpha value is -3.46. The van der Waals surface area contributed by atoms with Crippen molar-refractivity contribution in [3.05, 3.63) is 58.9 Å². The van der Waals surface area contributed by atoms with E-state index in [4.69, 9.17) is 9.84 Å². The third-order valence-electron chi connectivity index (χ3n) is 5.43. The molecule has 0 radical (unpaired) electrons. The maximum Gasteiger partial charge on any atom is 0.255 e. The van der Waals surface area contributed by atoms with E-state index in [0.29, 0.717) is 29.0 Å². The van der Waals surface area contributed by atoms with Crippen molar-refractivity contribution in [1.29, 1.82) is 0 Å². The number of carbonyl (C=O) groups is 3. The van der Waals surface area contributed by atoms with Crippen molar-refractivity contribution in [2.24, 2.45) is 0 Å². The molecular weight excluding hydrogens is 405 g/mol. The Bertz CT molecular complexity index is 1040. The van der Waals surface area contributed by atoms with Gasteiger partial charge in [-0.05, 0) is 36.8 Å². The van der Waals surface area contributed by atoms with Crippen LogP contribution in [0.3, 0.4) is 0 Å². The Kier molecular flexibility index (Phi) is 5.85. The van der Waals surface area contributed by atoms with Gasteiger partial charge in [0.2, 0.25) is 11.8 Å². The molecule has 3 N–H and O–H groups in total. The number of ether oxygens (including phenoxy) is 1. The summed E-state index contributed by atoms with van der Waals surface area (Å²) in [6.45, 7) is 0.360. The minimum absolute atomic E-state index is 0.114. The van der Waals surface area contributed by atoms with Crippen LogP contribution >= 0.6 is 0 Å². The summed E-state index contributed by atoms with van der Waals surface area (Å²) in [5, 5.41) is 14.3. The number of fused-ring (bicyclic) bond motifs is 1. The minimum Gasteiger partial charge on any atom is -0.491 e. The quantitative estimate of drug-likeness (QED) is 0.579. The molecule has 0 aliphatic carbocycles. The first-order chi connectivity index (χ1) is 15.0. The van der Waals surface area contributed by atoms with Gasteiger partial charge in [-0.15, -0.1) is 0 Å². The number of imide groups is 1. The monoisotopic (exact) mass is 427 g/mol. The second kappa shape index (κ2) is 8.73. The summed E-state index contributed by atoms with van der Waals surface area (Å²) < 4.78 is 19.6. The molecule has 2 aromatic rings. The highest BCUT2D eigenvalue weighted by Crippen LogP contribution is 2.32. The number of halogens is 1. The summed E-state index contributed by atoms with van der Waals surface area (Å²) in [5.41, 5.74) is 2.25. The fraction of sp³-hybridized carbons (Fsp3) is 0.318. The molecule has 4 rings (SSSR count). The number of aliphatic hydroxyl groups is 1. The van der Waals surface area contributed by atoms with Gasteiger partial charge >= 0.3 is 0 Å². The van der Waals surface area contributed by atoms with Gasteiger partial charge in [0, 0.05) is 41.9 Å². The topological polar surface area (TPSA) is 108 Å². The molecule has 0 aromatic heterocycles. The Morgan fingerprint density at radius 3 is 2.84 bits per heavy atom. The number of anilines is 1. The minimum atomic E-state index is -0.691. The normalized spacial score (nSPS) is 18.1. The molecule has 2 heterocycles. The van der Waals surface area contributed by atoms with Crippen LogP contribution in [0.25, 0.3) is 0 Å². The Labute approximate surface area is 178 Å². The van der Waals surface area contributed by atoms with Crippen LogP contribution in [0.15, 0.2) is 36.4 Å². The summed E-state index contributed by atoms with van der Waals surface area (Å²) in [4.78, 5) is 38.0. The van der Waals surface area contributed by atoms with Crippen LogP contribution < -0.4 is 15.4 Å². The lowest BCUT2D eigenvalue weighted by atomic mass is 10.0. The van der Waals surface area contributed by atoms with Gasteiger partial charge in [0.05, 0.1) is 6.61 Å². The third-order valence-corrected chi connectivity index (χ3v) is 5.43. The predicted octanol–water partition coefficient (Wildman–Crippen LogP) is 1.57. The Morgan fingerprint density at radius 1 is 1.23 bits per heavy atom. The summed E-state index contributed by atoms with van der Waals surface area (Å²) in [6, 6.07) is 8.87. The molecule has 0 spiro atoms. The zero-order valence-electron chi connectivity index (χ0n) is 16.7. The van der Waals surface area contributed by atoms with Gasteiger partial charge in [0.1, 0.15) is 24.2 Å². The van der Waals surface area contributed by atoms with E-state index in [9.17, 15) is 18.8 Å². The lowest BCUT2D eigenvalue weighted by Crippen LogP contribution is -2.52. The molecule has 31 heavy (non-hydrogen) atoms. The highest BCUT2D eigenvalue weighted by atomic mass is 19.1. The zero-order valence-corrected chi connectivity index (χ0v) is 16.7. The number of hydrogen-bond donors (Lipinski definition) is 3. The molecule has 162 valence electrons. The van der Waals surface area contributed by atoms with E-state index in [1.165, 1.54) is 17.0 Å². The largest absolute Gasteiger partial charge is 0.491 e. The Balaban J connectivity index is 1.51. The van der Waals surface area contributed by atoms with Gasteiger partial charge in [-0.2, -0.15) is 0 Å². The van der Waals surface area contributed by atoms with Crippen molar-refractivity contribution in [2.45, 2.75) is 32.0 Å². The van der Waals surface area contributed by atoms with Crippen molar-refractivity contribution in [3.63, 3.8) is 0 Å². The molecule has 8 nitrogen and oxygen atoms in total. The van der Waals surface area contributed by atoms with Gasteiger partial charge in [-0.3, -0.25) is 19.7 Å². The van der Waals surface area contributed by atoms with Gasteiger partial charge in [-0.25, -0.2) is 4.39 Å². The Morgan fingerprint density at radius 2 is 2.06 bits per heavy atom. The van der Waals surface area contributed by atoms with Gasteiger partial charge in [-0.1, -0.05) is 6.07 Å². The maximum atomic E-state index is 14.2. The number of carbonyl (C=O) groups excluding carboxylic acids is 3. The van der Waals surface area contributed by atoms with E-state index in [2.05, 4.69) is 10.6 Å². The summed E-state index contributed by atoms with van der Waals surface area (Å²) in [5.74, 6) is -1.02. The number of amides is 3. The van der Waals surface area contributed by atoms with E-state index >= 15 is 0 Å². The first-order valence-electron chi connectivity index (χ1n) is 10.0. The summed E-state index contributed by atoms with van der Waals surface area (Å²) in [6.07, 6.45) is 0.481. The molecule has 3 amide bonds. The highest BCUT2D eigenvalue weighted by molar-refractivity contribution is 6.06. The number of hydrogen-bond acceptors (Lipinski definition) is 6. The maximum absolute atomic E-state index is 14.2. The summed E-state index contributed by atoms with van der Waals surface area (Å²) >= 11 is 0. The number of nitrogens with one attached hydrogen (secondary N) is 2. The van der Waals surface area contributed by atoms with Crippen LogP contribution in [0.1, 0.15) is 34.3 Å². The molecule has 0 unspecified atom stereocenters. The fourth-order valence-electron chi connectivity index (χ4n) is 3.88. The summed E-state index contributed by atoms with van der Waals surface area (Å²) in [7, 11) is 0. The predicted molar refractivity (Wildman–Crippen MR) is 109 cm³/mol. The van der Waals surface area contributed by atoms with Crippen LogP contribution in [0.4, 0.5) is 10.1 Å². The van der Waals surface area contributed by atoms with Crippen molar-refractivity contribution in [3.8, 4) is 5.75 Å². The molecule has 1 atom stereocenters. The standard InChI is InChI=1S/C22H22FN3O5/c23-17-5-4-14(31-9-8-27)10-13(17)11-24-18-3-1-2-15-16(18)12-26(22(15)30)19-6-7-20(28)25-21(19)29/h1-5,10,19,24,27H,6-9,11-12H2,(H,25,28,29)/t19-/m0/s1. The van der Waals surface area contributed by atoms with Crippen LogP contribution in [0.2, 0.25) is 0 Å². The molecule has 2 aromatic carbocycles. The molecule has 0 saturated carbocycles. The lowest BCUT2D eigenvalue weighted by Gasteiger charge is -2.29. The molecule has 2 aliphatic rings. The number of nitrogens with zero attached hydrogens (tertiary/aromatic N) is 1. The third kappa shape index (κ3) is 4.22. The molecular formula is C22H22FN3O5. The molecule has 0 bridgehead atoms. The lowest BCUT2D eigenvalue weighted by molar-refractivity contribution is -0.136. The van der Waals surface area contributed by atoms with Gasteiger partial charge < -0.3 is 20.1 Å². The van der Waals surface area contributed by atoms with Crippen molar-refractivity contribution < 1.29 is 28.6 Å².